The van der Waals surface area contributed by atoms with Gasteiger partial charge in [-0.05, 0) is 6.92 Å². The van der Waals surface area contributed by atoms with E-state index in [1.165, 1.54) is 6.92 Å². The molecule has 0 atom stereocenters. The second-order valence-corrected chi connectivity index (χ2v) is 3.98. The van der Waals surface area contributed by atoms with Crippen LogP contribution in [0, 0.1) is 6.92 Å². The lowest BCUT2D eigenvalue weighted by molar-refractivity contribution is -0.138. The average molecular weight is 250 g/mol. The molecule has 0 radical (unpaired) electrons. The maximum absolute atomic E-state index is 12.3. The number of aromatic nitrogens is 3. The molecule has 2 aromatic heterocycles. The Labute approximate surface area is 90.3 Å². The van der Waals surface area contributed by atoms with Gasteiger partial charge in [0, 0.05) is 0 Å². The molecule has 0 saturated heterocycles. The molecule has 2 rings (SSSR count). The molecule has 0 bridgehead atoms. The summed E-state index contributed by atoms with van der Waals surface area (Å²) >= 11 is 0.277. The van der Waals surface area contributed by atoms with E-state index in [4.69, 9.17) is 5.73 Å². The largest absolute Gasteiger partial charge is 0.445 e. The predicted molar refractivity (Wildman–Crippen MR) is 51.3 cm³/mol. The first kappa shape index (κ1) is 10.9. The van der Waals surface area contributed by atoms with Crippen LogP contribution in [0.4, 0.5) is 19.0 Å². The van der Waals surface area contributed by atoms with Gasteiger partial charge in [-0.25, -0.2) is 0 Å². The molecular weight excluding hydrogens is 245 g/mol. The van der Waals surface area contributed by atoms with Gasteiger partial charge in [-0.3, -0.25) is 4.79 Å². The van der Waals surface area contributed by atoms with Gasteiger partial charge in [0.2, 0.25) is 9.97 Å². The number of nitrogens with two attached hydrogens (primary N) is 1. The molecule has 0 aliphatic heterocycles. The lowest BCUT2D eigenvalue weighted by Gasteiger charge is -1.99. The van der Waals surface area contributed by atoms with Gasteiger partial charge in [-0.2, -0.15) is 22.7 Å². The third-order valence-electron chi connectivity index (χ3n) is 1.93. The maximum atomic E-state index is 12.3. The zero-order chi connectivity index (χ0) is 12.1. The summed E-state index contributed by atoms with van der Waals surface area (Å²) in [5.41, 5.74) is 4.91. The minimum Gasteiger partial charge on any atom is -0.383 e. The van der Waals surface area contributed by atoms with E-state index in [1.807, 2.05) is 0 Å². The van der Waals surface area contributed by atoms with Crippen molar-refractivity contribution in [2.45, 2.75) is 13.1 Å². The SMILES string of the molecule is Cc1c(N)n2nc(C(F)(F)F)sc2nc1=O. The number of fused-ring (bicyclic) bond motifs is 1. The van der Waals surface area contributed by atoms with Crippen LogP contribution in [0.2, 0.25) is 0 Å². The smallest absolute Gasteiger partial charge is 0.383 e. The van der Waals surface area contributed by atoms with Crippen LogP contribution < -0.4 is 11.3 Å². The zero-order valence-electron chi connectivity index (χ0n) is 7.87. The summed E-state index contributed by atoms with van der Waals surface area (Å²) in [6.45, 7) is 1.38. The molecule has 0 saturated carbocycles. The Bertz CT molecular complexity index is 614. The second-order valence-electron chi connectivity index (χ2n) is 3.03. The van der Waals surface area contributed by atoms with Crippen molar-refractivity contribution in [3.63, 3.8) is 0 Å². The van der Waals surface area contributed by atoms with E-state index in [2.05, 4.69) is 10.1 Å². The number of hydrogen-bond acceptors (Lipinski definition) is 5. The normalized spacial score (nSPS) is 12.2. The first-order chi connectivity index (χ1) is 7.30. The summed E-state index contributed by atoms with van der Waals surface area (Å²) in [5.74, 6) is -0.123. The van der Waals surface area contributed by atoms with Gasteiger partial charge in [0.05, 0.1) is 5.56 Å². The first-order valence-electron chi connectivity index (χ1n) is 4.04. The fourth-order valence-electron chi connectivity index (χ4n) is 1.06. The molecule has 2 aromatic rings. The molecule has 0 aliphatic carbocycles. The Morgan fingerprint density at radius 2 is 2.06 bits per heavy atom. The van der Waals surface area contributed by atoms with Crippen LogP contribution in [0.5, 0.6) is 0 Å². The first-order valence-corrected chi connectivity index (χ1v) is 4.85. The van der Waals surface area contributed by atoms with Crippen molar-refractivity contribution < 1.29 is 13.2 Å². The number of anilines is 1. The van der Waals surface area contributed by atoms with Crippen LogP contribution in [0.1, 0.15) is 10.6 Å². The van der Waals surface area contributed by atoms with E-state index in [0.29, 0.717) is 0 Å². The van der Waals surface area contributed by atoms with Gasteiger partial charge in [-0.15, -0.1) is 5.10 Å². The molecule has 0 amide bonds. The Morgan fingerprint density at radius 3 is 2.62 bits per heavy atom. The van der Waals surface area contributed by atoms with Gasteiger partial charge in [-0.1, -0.05) is 11.3 Å². The van der Waals surface area contributed by atoms with E-state index in [1.54, 1.807) is 0 Å². The molecule has 9 heteroatoms. The summed E-state index contributed by atoms with van der Waals surface area (Å²) in [4.78, 5) is 14.5. The number of halogens is 3. The van der Waals surface area contributed by atoms with Crippen LogP contribution >= 0.6 is 11.3 Å². The second kappa shape index (κ2) is 3.17. The summed E-state index contributed by atoms with van der Waals surface area (Å²) in [7, 11) is 0. The summed E-state index contributed by atoms with van der Waals surface area (Å²) in [5, 5.41) is 2.18. The van der Waals surface area contributed by atoms with Gasteiger partial charge >= 0.3 is 6.18 Å². The summed E-state index contributed by atoms with van der Waals surface area (Å²) in [6, 6.07) is 0. The quantitative estimate of drug-likeness (QED) is 0.758. The number of nitrogen functional groups attached to an aromatic ring is 1. The topological polar surface area (TPSA) is 73.3 Å². The minimum atomic E-state index is -4.57. The molecule has 5 nitrogen and oxygen atoms in total. The Balaban J connectivity index is 2.82. The summed E-state index contributed by atoms with van der Waals surface area (Å²) in [6.07, 6.45) is -4.57. The van der Waals surface area contributed by atoms with E-state index in [0.717, 1.165) is 4.52 Å². The third kappa shape index (κ3) is 1.52. The Hall–Kier alpha value is -1.64. The molecule has 0 aliphatic rings. The van der Waals surface area contributed by atoms with Gasteiger partial charge in [0.25, 0.3) is 5.56 Å². The van der Waals surface area contributed by atoms with Crippen molar-refractivity contribution in [3.8, 4) is 0 Å². The van der Waals surface area contributed by atoms with Crippen molar-refractivity contribution in [1.82, 2.24) is 14.6 Å². The molecule has 0 aromatic carbocycles. The van der Waals surface area contributed by atoms with Crippen molar-refractivity contribution in [1.29, 1.82) is 0 Å². The highest BCUT2D eigenvalue weighted by Gasteiger charge is 2.36. The standard InChI is InChI=1S/C7H5F3N4OS/c1-2-3(11)14-6(12-4(2)15)16-5(13-14)7(8,9)10/h11H2,1H3. The van der Waals surface area contributed by atoms with Crippen molar-refractivity contribution in [2.24, 2.45) is 0 Å². The van der Waals surface area contributed by atoms with Gasteiger partial charge in [0.15, 0.2) is 0 Å². The van der Waals surface area contributed by atoms with Crippen LogP contribution in [0.25, 0.3) is 4.96 Å². The van der Waals surface area contributed by atoms with E-state index < -0.39 is 16.7 Å². The molecule has 86 valence electrons. The highest BCUT2D eigenvalue weighted by Crippen LogP contribution is 2.32. The minimum absolute atomic E-state index is 0.0801. The molecule has 0 spiro atoms. The molecule has 0 fully saturated rings. The van der Waals surface area contributed by atoms with Crippen molar-refractivity contribution in [3.05, 3.63) is 20.9 Å². The Morgan fingerprint density at radius 1 is 1.44 bits per heavy atom. The highest BCUT2D eigenvalue weighted by molar-refractivity contribution is 7.16. The van der Waals surface area contributed by atoms with E-state index >= 15 is 0 Å². The molecule has 2 heterocycles. The molecular formula is C7H5F3N4OS. The number of rotatable bonds is 0. The van der Waals surface area contributed by atoms with Crippen LogP contribution in [-0.2, 0) is 6.18 Å². The lowest BCUT2D eigenvalue weighted by Crippen LogP contribution is -2.16. The van der Waals surface area contributed by atoms with Crippen molar-refractivity contribution >= 4 is 22.1 Å². The number of hydrogen-bond donors (Lipinski definition) is 1. The summed E-state index contributed by atoms with van der Waals surface area (Å²) < 4.78 is 37.9. The van der Waals surface area contributed by atoms with Crippen LogP contribution in [0.15, 0.2) is 4.79 Å². The van der Waals surface area contributed by atoms with Crippen molar-refractivity contribution in [2.75, 3.05) is 5.73 Å². The van der Waals surface area contributed by atoms with Gasteiger partial charge in [0.1, 0.15) is 5.82 Å². The number of nitrogens with zero attached hydrogens (tertiary/aromatic N) is 3. The lowest BCUT2D eigenvalue weighted by atomic mass is 10.3. The van der Waals surface area contributed by atoms with E-state index in [-0.39, 0.29) is 27.7 Å². The molecule has 2 N–H and O–H groups in total. The fourth-order valence-corrected chi connectivity index (χ4v) is 1.83. The number of alkyl halides is 3. The zero-order valence-corrected chi connectivity index (χ0v) is 8.69. The average Bonchev–Trinajstić information content (AvgIpc) is 2.57. The monoisotopic (exact) mass is 250 g/mol. The predicted octanol–water partition coefficient (Wildman–Crippen LogP) is 1.06. The molecule has 16 heavy (non-hydrogen) atoms. The van der Waals surface area contributed by atoms with Crippen LogP contribution in [0.3, 0.4) is 0 Å². The molecule has 0 unspecified atom stereocenters. The third-order valence-corrected chi connectivity index (χ3v) is 2.89. The highest BCUT2D eigenvalue weighted by atomic mass is 32.1. The van der Waals surface area contributed by atoms with Gasteiger partial charge < -0.3 is 5.73 Å². The maximum Gasteiger partial charge on any atom is 0.445 e. The Kier molecular flexibility index (Phi) is 2.15. The van der Waals surface area contributed by atoms with E-state index in [9.17, 15) is 18.0 Å². The van der Waals surface area contributed by atoms with Crippen LogP contribution in [-0.4, -0.2) is 14.6 Å². The fraction of sp³-hybridized carbons (Fsp3) is 0.286.